The molecule has 3 saturated carbocycles. The molecule has 1 aromatic carbocycles. The molecule has 0 aliphatic heterocycles. The third-order valence-electron chi connectivity index (χ3n) is 11.8. The minimum absolute atomic E-state index is 0.0699. The van der Waals surface area contributed by atoms with E-state index in [1.807, 2.05) is 47.5 Å². The predicted molar refractivity (Wildman–Crippen MR) is 179 cm³/mol. The summed E-state index contributed by atoms with van der Waals surface area (Å²) in [7, 11) is 0. The van der Waals surface area contributed by atoms with Crippen molar-refractivity contribution in [3.05, 3.63) is 78.0 Å². The number of esters is 1. The minimum atomic E-state index is -0.701. The van der Waals surface area contributed by atoms with E-state index in [0.717, 1.165) is 40.9 Å². The van der Waals surface area contributed by atoms with Gasteiger partial charge >= 0.3 is 5.97 Å². The zero-order chi connectivity index (χ0) is 33.7. The Labute approximate surface area is 283 Å². The normalized spacial score (nSPS) is 33.5. The number of hydrogen-bond acceptors (Lipinski definition) is 7. The number of pyridine rings is 1. The molecule has 0 saturated heterocycles. The number of aliphatic hydroxyl groups is 1. The Bertz CT molecular complexity index is 1660. The van der Waals surface area contributed by atoms with Crippen molar-refractivity contribution in [1.82, 2.24) is 4.98 Å². The van der Waals surface area contributed by atoms with Crippen molar-refractivity contribution < 1.29 is 32.8 Å². The van der Waals surface area contributed by atoms with Crippen LogP contribution in [0, 0.1) is 45.6 Å². The van der Waals surface area contributed by atoms with Crippen LogP contribution < -0.4 is 4.57 Å². The molecule has 2 bridgehead atoms. The number of Topliss-reactive ketones (excluding diaryl/α,β-unsaturated/α-hetero) is 1. The standard InChI is InChI=1S/C37H43F2N2O4S2/c1-6-35(4)18-30(36(5)22(2)7-11-37(23(3)33(35)44)12-8-29(42)32(36)37)45-31(43)21-47-34-40-28(20-46-34)25-9-13-41(14-10-25)19-24-15-26(38)17-27(39)16-24/h6,9-10,13-17,20,22-23,30,32-33,44H,1,7-8,11-12,18-19,21H2,2-5H3/q+1/t22-,23+,30-,32+,33+,35-,36+,37+/m1/s1. The van der Waals surface area contributed by atoms with Crippen molar-refractivity contribution >= 4 is 34.9 Å². The Hall–Kier alpha value is -2.95. The molecule has 47 heavy (non-hydrogen) atoms. The van der Waals surface area contributed by atoms with Crippen LogP contribution in [0.2, 0.25) is 0 Å². The van der Waals surface area contributed by atoms with Gasteiger partial charge in [-0.05, 0) is 55.1 Å². The van der Waals surface area contributed by atoms with Crippen molar-refractivity contribution in [3.8, 4) is 11.3 Å². The van der Waals surface area contributed by atoms with Gasteiger partial charge in [0.2, 0.25) is 0 Å². The fourth-order valence-electron chi connectivity index (χ4n) is 8.92. The SMILES string of the molecule is C=C[C@]1(C)C[C@@H](OC(=O)CSc2nc(-c3cc[n+](Cc4cc(F)cc(F)c4)cc3)cs2)[C@]2(C)[C@H](C)CC[C@]3(CCC(=O)[C@H]32)[C@@H](C)[C@@H]1O. The van der Waals surface area contributed by atoms with Gasteiger partial charge in [-0.2, -0.15) is 0 Å². The summed E-state index contributed by atoms with van der Waals surface area (Å²) in [5.74, 6) is -1.43. The summed E-state index contributed by atoms with van der Waals surface area (Å²) in [6, 6.07) is 7.27. The van der Waals surface area contributed by atoms with Gasteiger partial charge in [0, 0.05) is 57.9 Å². The van der Waals surface area contributed by atoms with Gasteiger partial charge in [-0.25, -0.2) is 18.3 Å². The van der Waals surface area contributed by atoms with Gasteiger partial charge in [0.15, 0.2) is 23.3 Å². The molecule has 0 unspecified atom stereocenters. The molecule has 1 N–H and O–H groups in total. The van der Waals surface area contributed by atoms with Crippen LogP contribution in [0.25, 0.3) is 11.3 Å². The zero-order valence-electron chi connectivity index (χ0n) is 27.4. The van der Waals surface area contributed by atoms with E-state index in [2.05, 4.69) is 27.4 Å². The highest BCUT2D eigenvalue weighted by Crippen LogP contribution is 2.68. The topological polar surface area (TPSA) is 80.4 Å². The predicted octanol–water partition coefficient (Wildman–Crippen LogP) is 7.42. The lowest BCUT2D eigenvalue weighted by atomic mass is 9.44. The lowest BCUT2D eigenvalue weighted by molar-refractivity contribution is -0.688. The molecule has 0 spiro atoms. The van der Waals surface area contributed by atoms with Crippen LogP contribution in [0.3, 0.4) is 0 Å². The van der Waals surface area contributed by atoms with Crippen LogP contribution in [0.15, 0.2) is 65.1 Å². The van der Waals surface area contributed by atoms with E-state index in [0.29, 0.717) is 24.9 Å². The van der Waals surface area contributed by atoms with Gasteiger partial charge in [0.1, 0.15) is 23.5 Å². The minimum Gasteiger partial charge on any atom is -0.461 e. The Morgan fingerprint density at radius 3 is 2.57 bits per heavy atom. The molecular formula is C37H43F2N2O4S2+. The third kappa shape index (κ3) is 6.10. The van der Waals surface area contributed by atoms with Crippen LogP contribution in [0.5, 0.6) is 0 Å². The molecule has 3 fully saturated rings. The van der Waals surface area contributed by atoms with Crippen LogP contribution in [-0.4, -0.2) is 39.8 Å². The van der Waals surface area contributed by atoms with E-state index < -0.39 is 34.7 Å². The smallest absolute Gasteiger partial charge is 0.316 e. The maximum absolute atomic E-state index is 13.6. The molecule has 6 nitrogen and oxygen atoms in total. The zero-order valence-corrected chi connectivity index (χ0v) is 29.0. The van der Waals surface area contributed by atoms with E-state index >= 15 is 0 Å². The van der Waals surface area contributed by atoms with Crippen LogP contribution in [0.1, 0.15) is 65.4 Å². The fourth-order valence-corrected chi connectivity index (χ4v) is 10.5. The second-order valence-corrected chi connectivity index (χ2v) is 16.5. The average Bonchev–Trinajstić information content (AvgIpc) is 3.66. The van der Waals surface area contributed by atoms with Gasteiger partial charge in [-0.1, -0.05) is 45.5 Å². The van der Waals surface area contributed by atoms with Crippen molar-refractivity contribution in [2.45, 2.75) is 82.9 Å². The molecule has 3 aliphatic carbocycles. The van der Waals surface area contributed by atoms with Gasteiger partial charge in [-0.3, -0.25) is 9.59 Å². The number of ketones is 1. The third-order valence-corrected chi connectivity index (χ3v) is 13.8. The number of carbonyl (C=O) groups is 2. The molecule has 250 valence electrons. The molecule has 0 radical (unpaired) electrons. The maximum Gasteiger partial charge on any atom is 0.316 e. The van der Waals surface area contributed by atoms with E-state index in [9.17, 15) is 23.5 Å². The molecule has 2 heterocycles. The van der Waals surface area contributed by atoms with E-state index in [1.54, 1.807) is 0 Å². The fraction of sp³-hybridized carbons (Fsp3) is 0.514. The van der Waals surface area contributed by atoms with Crippen LogP contribution in [-0.2, 0) is 20.9 Å². The summed E-state index contributed by atoms with van der Waals surface area (Å²) in [5, 5.41) is 13.7. The number of thioether (sulfide) groups is 1. The molecule has 10 heteroatoms. The number of aromatic nitrogens is 2. The molecule has 2 aromatic heterocycles. The van der Waals surface area contributed by atoms with Crippen molar-refractivity contribution in [2.75, 3.05) is 5.75 Å². The number of rotatable bonds is 8. The summed E-state index contributed by atoms with van der Waals surface area (Å²) in [5.41, 5.74) is 0.635. The molecular weight excluding hydrogens is 639 g/mol. The number of carbonyl (C=O) groups excluding carboxylic acids is 2. The number of nitrogens with zero attached hydrogens (tertiary/aromatic N) is 2. The Morgan fingerprint density at radius 1 is 1.19 bits per heavy atom. The number of hydrogen-bond donors (Lipinski definition) is 1. The average molecular weight is 682 g/mol. The van der Waals surface area contributed by atoms with Crippen molar-refractivity contribution in [1.29, 1.82) is 0 Å². The van der Waals surface area contributed by atoms with Gasteiger partial charge in [0.05, 0.1) is 17.6 Å². The van der Waals surface area contributed by atoms with Gasteiger partial charge in [-0.15, -0.1) is 17.9 Å². The Kier molecular flexibility index (Phi) is 9.26. The molecule has 3 aromatic rings. The summed E-state index contributed by atoms with van der Waals surface area (Å²) in [6.45, 7) is 12.8. The van der Waals surface area contributed by atoms with Crippen LogP contribution >= 0.6 is 23.1 Å². The lowest BCUT2D eigenvalue weighted by Gasteiger charge is -2.61. The lowest BCUT2D eigenvalue weighted by Crippen LogP contribution is -2.63. The highest BCUT2D eigenvalue weighted by atomic mass is 32.2. The van der Waals surface area contributed by atoms with Crippen molar-refractivity contribution in [3.63, 3.8) is 0 Å². The molecule has 3 aliphatic rings. The number of ether oxygens (including phenoxy) is 1. The summed E-state index contributed by atoms with van der Waals surface area (Å²) in [4.78, 5) is 31.9. The number of thiazole rings is 1. The number of halogens is 2. The van der Waals surface area contributed by atoms with Crippen molar-refractivity contribution in [2.24, 2.45) is 34.0 Å². The van der Waals surface area contributed by atoms with Gasteiger partial charge in [0.25, 0.3) is 0 Å². The van der Waals surface area contributed by atoms with E-state index in [4.69, 9.17) is 9.72 Å². The molecule has 0 amide bonds. The van der Waals surface area contributed by atoms with E-state index in [-0.39, 0.29) is 40.7 Å². The Balaban J connectivity index is 1.15. The van der Waals surface area contributed by atoms with Crippen LogP contribution in [0.4, 0.5) is 8.78 Å². The number of aliphatic hydroxyl groups excluding tert-OH is 1. The highest BCUT2D eigenvalue weighted by Gasteiger charge is 2.68. The summed E-state index contributed by atoms with van der Waals surface area (Å²) in [6.07, 6.45) is 7.73. The van der Waals surface area contributed by atoms with E-state index in [1.165, 1.54) is 35.2 Å². The highest BCUT2D eigenvalue weighted by molar-refractivity contribution is 8.01. The molecule has 6 rings (SSSR count). The summed E-state index contributed by atoms with van der Waals surface area (Å²) < 4.78 is 36.1. The number of benzene rings is 1. The Morgan fingerprint density at radius 2 is 1.89 bits per heavy atom. The quantitative estimate of drug-likeness (QED) is 0.115. The van der Waals surface area contributed by atoms with Gasteiger partial charge < -0.3 is 9.84 Å². The molecule has 8 atom stereocenters. The first kappa shape index (κ1) is 33.9. The maximum atomic E-state index is 13.6. The largest absolute Gasteiger partial charge is 0.461 e. The monoisotopic (exact) mass is 681 g/mol. The summed E-state index contributed by atoms with van der Waals surface area (Å²) >= 11 is 2.76. The second kappa shape index (κ2) is 12.8. The first-order valence-corrected chi connectivity index (χ1v) is 18.2. The second-order valence-electron chi connectivity index (χ2n) is 14.4. The first-order valence-electron chi connectivity index (χ1n) is 16.4. The first-order chi connectivity index (χ1) is 22.3.